The van der Waals surface area contributed by atoms with Gasteiger partial charge in [0.15, 0.2) is 0 Å². The van der Waals surface area contributed by atoms with Gasteiger partial charge in [0.25, 0.3) is 0 Å². The van der Waals surface area contributed by atoms with E-state index in [2.05, 4.69) is 25.6 Å². The van der Waals surface area contributed by atoms with Crippen molar-refractivity contribution in [3.8, 4) is 11.1 Å². The van der Waals surface area contributed by atoms with E-state index < -0.39 is 6.09 Å². The van der Waals surface area contributed by atoms with Gasteiger partial charge in [-0.1, -0.05) is 6.07 Å². The predicted octanol–water partition coefficient (Wildman–Crippen LogP) is 3.15. The molecular formula is C17H17N5O3. The molecule has 3 N–H and O–H groups in total. The van der Waals surface area contributed by atoms with E-state index in [0.29, 0.717) is 17.2 Å². The highest BCUT2D eigenvalue weighted by Gasteiger charge is 2.09. The Kier molecular flexibility index (Phi) is 4.60. The summed E-state index contributed by atoms with van der Waals surface area (Å²) in [7, 11) is 0. The number of fused-ring (bicyclic) bond motifs is 1. The zero-order valence-corrected chi connectivity index (χ0v) is 13.8. The van der Waals surface area contributed by atoms with Gasteiger partial charge in [0.1, 0.15) is 0 Å². The number of hydrogen-bond acceptors (Lipinski definition) is 5. The van der Waals surface area contributed by atoms with E-state index in [1.165, 1.54) is 6.92 Å². The maximum atomic E-state index is 11.5. The van der Waals surface area contributed by atoms with Crippen LogP contribution in [0.2, 0.25) is 0 Å². The number of H-pyrrole nitrogens is 1. The highest BCUT2D eigenvalue weighted by atomic mass is 16.5. The summed E-state index contributed by atoms with van der Waals surface area (Å²) in [4.78, 5) is 34.1. The Morgan fingerprint density at radius 2 is 2.00 bits per heavy atom. The van der Waals surface area contributed by atoms with Crippen molar-refractivity contribution in [1.29, 1.82) is 0 Å². The third-order valence-electron chi connectivity index (χ3n) is 3.37. The first-order valence-corrected chi connectivity index (χ1v) is 7.71. The fourth-order valence-corrected chi connectivity index (χ4v) is 2.38. The standard InChI is InChI=1S/C17H17N5O3/c1-3-25-17(24)22-16-20-14-5-4-11(7-15(14)21-16)12-6-13(9-18-8-12)19-10(2)23/h4-9H,3H2,1-2H3,(H,19,23)(H2,20,21,22,24). The lowest BCUT2D eigenvalue weighted by atomic mass is 10.1. The van der Waals surface area contributed by atoms with Gasteiger partial charge in [0, 0.05) is 18.7 Å². The number of benzene rings is 1. The number of carbonyl (C=O) groups excluding carboxylic acids is 2. The van der Waals surface area contributed by atoms with Crippen molar-refractivity contribution in [3.63, 3.8) is 0 Å². The number of ether oxygens (including phenoxy) is 1. The molecule has 3 aromatic rings. The molecule has 0 aliphatic carbocycles. The molecule has 0 saturated heterocycles. The van der Waals surface area contributed by atoms with Crippen LogP contribution in [0.5, 0.6) is 0 Å². The van der Waals surface area contributed by atoms with E-state index in [1.54, 1.807) is 19.3 Å². The van der Waals surface area contributed by atoms with Gasteiger partial charge in [0.2, 0.25) is 11.9 Å². The minimum absolute atomic E-state index is 0.155. The van der Waals surface area contributed by atoms with Gasteiger partial charge in [-0.25, -0.2) is 9.78 Å². The molecular weight excluding hydrogens is 322 g/mol. The summed E-state index contributed by atoms with van der Waals surface area (Å²) in [6, 6.07) is 7.46. The van der Waals surface area contributed by atoms with E-state index in [4.69, 9.17) is 4.74 Å². The second kappa shape index (κ2) is 7.00. The van der Waals surface area contributed by atoms with Crippen LogP contribution in [0.15, 0.2) is 36.7 Å². The van der Waals surface area contributed by atoms with Crippen molar-refractivity contribution in [2.45, 2.75) is 13.8 Å². The number of hydrogen-bond donors (Lipinski definition) is 3. The van der Waals surface area contributed by atoms with E-state index >= 15 is 0 Å². The van der Waals surface area contributed by atoms with E-state index in [1.807, 2.05) is 24.3 Å². The molecule has 8 heteroatoms. The number of nitrogens with one attached hydrogen (secondary N) is 3. The molecule has 25 heavy (non-hydrogen) atoms. The normalized spacial score (nSPS) is 10.5. The lowest BCUT2D eigenvalue weighted by molar-refractivity contribution is -0.114. The fourth-order valence-electron chi connectivity index (χ4n) is 2.38. The third-order valence-corrected chi connectivity index (χ3v) is 3.37. The minimum atomic E-state index is -0.561. The molecule has 0 saturated carbocycles. The summed E-state index contributed by atoms with van der Waals surface area (Å²) in [5, 5.41) is 5.24. The lowest BCUT2D eigenvalue weighted by Crippen LogP contribution is -2.14. The summed E-state index contributed by atoms with van der Waals surface area (Å²) >= 11 is 0. The molecule has 2 amide bonds. The molecule has 0 bridgehead atoms. The molecule has 0 spiro atoms. The van der Waals surface area contributed by atoms with Crippen LogP contribution in [-0.4, -0.2) is 33.6 Å². The second-order valence-corrected chi connectivity index (χ2v) is 5.31. The number of aromatic nitrogens is 3. The lowest BCUT2D eigenvalue weighted by Gasteiger charge is -2.05. The van der Waals surface area contributed by atoms with Crippen molar-refractivity contribution in [2.24, 2.45) is 0 Å². The molecule has 1 aromatic carbocycles. The Morgan fingerprint density at radius 1 is 1.16 bits per heavy atom. The third kappa shape index (κ3) is 3.92. The monoisotopic (exact) mass is 339 g/mol. The van der Waals surface area contributed by atoms with E-state index in [0.717, 1.165) is 16.6 Å². The van der Waals surface area contributed by atoms with Crippen LogP contribution in [0.3, 0.4) is 0 Å². The number of nitrogens with zero attached hydrogens (tertiary/aromatic N) is 2. The Morgan fingerprint density at radius 3 is 2.76 bits per heavy atom. The molecule has 0 unspecified atom stereocenters. The molecule has 0 fully saturated rings. The molecule has 0 aliphatic rings. The predicted molar refractivity (Wildman–Crippen MR) is 94.3 cm³/mol. The van der Waals surface area contributed by atoms with Crippen LogP contribution >= 0.6 is 0 Å². The summed E-state index contributed by atoms with van der Waals surface area (Å²) in [6.07, 6.45) is 2.73. The zero-order valence-electron chi connectivity index (χ0n) is 13.8. The maximum absolute atomic E-state index is 11.5. The van der Waals surface area contributed by atoms with Gasteiger partial charge >= 0.3 is 6.09 Å². The number of carbonyl (C=O) groups is 2. The van der Waals surface area contributed by atoms with Crippen LogP contribution < -0.4 is 10.6 Å². The Hall–Kier alpha value is -3.42. The zero-order chi connectivity index (χ0) is 17.8. The average Bonchev–Trinajstić information content (AvgIpc) is 2.95. The van der Waals surface area contributed by atoms with E-state index in [9.17, 15) is 9.59 Å². The Labute approximate surface area is 143 Å². The molecule has 0 aliphatic heterocycles. The number of rotatable bonds is 4. The molecule has 128 valence electrons. The molecule has 8 nitrogen and oxygen atoms in total. The van der Waals surface area contributed by atoms with Crippen molar-refractivity contribution in [2.75, 3.05) is 17.2 Å². The SMILES string of the molecule is CCOC(=O)Nc1nc2ccc(-c3cncc(NC(C)=O)c3)cc2[nH]1. The first-order chi connectivity index (χ1) is 12.0. The summed E-state index contributed by atoms with van der Waals surface area (Å²) < 4.78 is 4.83. The molecule has 0 radical (unpaired) electrons. The van der Waals surface area contributed by atoms with Crippen molar-refractivity contribution in [1.82, 2.24) is 15.0 Å². The van der Waals surface area contributed by atoms with Crippen LogP contribution in [0.4, 0.5) is 16.4 Å². The van der Waals surface area contributed by atoms with Gasteiger partial charge < -0.3 is 15.0 Å². The smallest absolute Gasteiger partial charge is 0.413 e. The van der Waals surface area contributed by atoms with Gasteiger partial charge in [-0.15, -0.1) is 0 Å². The van der Waals surface area contributed by atoms with Crippen LogP contribution in [0, 0.1) is 0 Å². The topological polar surface area (TPSA) is 109 Å². The number of aromatic amines is 1. The van der Waals surface area contributed by atoms with Gasteiger partial charge in [-0.05, 0) is 30.7 Å². The highest BCUT2D eigenvalue weighted by molar-refractivity contribution is 5.90. The Bertz CT molecular complexity index is 935. The molecule has 3 rings (SSSR count). The number of imidazole rings is 1. The van der Waals surface area contributed by atoms with Crippen LogP contribution in [0.25, 0.3) is 22.2 Å². The Balaban J connectivity index is 1.88. The number of pyridine rings is 1. The molecule has 0 atom stereocenters. The fraction of sp³-hybridized carbons (Fsp3) is 0.176. The first-order valence-electron chi connectivity index (χ1n) is 7.71. The summed E-state index contributed by atoms with van der Waals surface area (Å²) in [6.45, 7) is 3.46. The van der Waals surface area contributed by atoms with Gasteiger partial charge in [0.05, 0.1) is 29.5 Å². The summed E-state index contributed by atoms with van der Waals surface area (Å²) in [5.41, 5.74) is 3.84. The van der Waals surface area contributed by atoms with Crippen LogP contribution in [0.1, 0.15) is 13.8 Å². The van der Waals surface area contributed by atoms with Crippen LogP contribution in [-0.2, 0) is 9.53 Å². The number of amides is 2. The first kappa shape index (κ1) is 16.4. The average molecular weight is 339 g/mol. The minimum Gasteiger partial charge on any atom is -0.450 e. The summed E-state index contributed by atoms with van der Waals surface area (Å²) in [5.74, 6) is 0.161. The second-order valence-electron chi connectivity index (χ2n) is 5.31. The van der Waals surface area contributed by atoms with Gasteiger partial charge in [-0.3, -0.25) is 15.1 Å². The molecule has 2 aromatic heterocycles. The quantitative estimate of drug-likeness (QED) is 0.676. The number of anilines is 2. The van der Waals surface area contributed by atoms with E-state index in [-0.39, 0.29) is 12.5 Å². The van der Waals surface area contributed by atoms with Crippen molar-refractivity contribution < 1.29 is 14.3 Å². The maximum Gasteiger partial charge on any atom is 0.413 e. The molecule has 2 heterocycles. The van der Waals surface area contributed by atoms with Gasteiger partial charge in [-0.2, -0.15) is 0 Å². The largest absolute Gasteiger partial charge is 0.450 e. The highest BCUT2D eigenvalue weighted by Crippen LogP contribution is 2.25. The van der Waals surface area contributed by atoms with Crippen molar-refractivity contribution in [3.05, 3.63) is 36.7 Å². The van der Waals surface area contributed by atoms with Crippen molar-refractivity contribution >= 4 is 34.7 Å².